The average Bonchev–Trinajstić information content (AvgIpc) is 3.36. The van der Waals surface area contributed by atoms with Gasteiger partial charge in [-0.25, -0.2) is 0 Å². The molecule has 0 saturated carbocycles. The molecule has 1 aliphatic rings. The molecule has 0 aliphatic carbocycles. The van der Waals surface area contributed by atoms with Crippen LogP contribution in [-0.2, 0) is 9.59 Å². The van der Waals surface area contributed by atoms with Crippen molar-refractivity contribution in [3.63, 3.8) is 0 Å². The van der Waals surface area contributed by atoms with Crippen molar-refractivity contribution in [2.45, 2.75) is 18.6 Å². The molecule has 12 heteroatoms. The molecule has 0 atom stereocenters. The number of rotatable bonds is 8. The van der Waals surface area contributed by atoms with E-state index in [2.05, 4.69) is 20.4 Å². The Labute approximate surface area is 205 Å². The van der Waals surface area contributed by atoms with Crippen molar-refractivity contribution in [1.29, 1.82) is 0 Å². The van der Waals surface area contributed by atoms with Crippen molar-refractivity contribution in [2.75, 3.05) is 42.1 Å². The molecule has 1 saturated heterocycles. The van der Waals surface area contributed by atoms with Crippen molar-refractivity contribution >= 4 is 40.6 Å². The number of thioether (sulfide) groups is 1. The third-order valence-electron chi connectivity index (χ3n) is 5.52. The van der Waals surface area contributed by atoms with Gasteiger partial charge in [0.2, 0.25) is 11.8 Å². The second-order valence-corrected chi connectivity index (χ2v) is 8.68. The Balaban J connectivity index is 1.28. The molecule has 2 amide bonds. The first kappa shape index (κ1) is 24.2. The maximum Gasteiger partial charge on any atom is 0.282 e. The van der Waals surface area contributed by atoms with Crippen LogP contribution in [0.25, 0.3) is 11.5 Å². The normalized spacial score (nSPS) is 13.5. The van der Waals surface area contributed by atoms with Gasteiger partial charge in [0.25, 0.3) is 16.8 Å². The molecule has 182 valence electrons. The van der Waals surface area contributed by atoms with E-state index in [1.807, 2.05) is 36.1 Å². The highest BCUT2D eigenvalue weighted by Gasteiger charge is 2.21. The van der Waals surface area contributed by atoms with Gasteiger partial charge in [0.15, 0.2) is 0 Å². The first-order chi connectivity index (χ1) is 16.9. The summed E-state index contributed by atoms with van der Waals surface area (Å²) in [7, 11) is 0. The van der Waals surface area contributed by atoms with Gasteiger partial charge in [0, 0.05) is 50.0 Å². The molecular weight excluding hydrogens is 472 g/mol. The number of para-hydroxylation sites is 1. The summed E-state index contributed by atoms with van der Waals surface area (Å²) < 4.78 is 5.50. The van der Waals surface area contributed by atoms with E-state index in [-0.39, 0.29) is 39.9 Å². The number of hydrogen-bond donors (Lipinski definition) is 1. The first-order valence-corrected chi connectivity index (χ1v) is 12.1. The van der Waals surface area contributed by atoms with Gasteiger partial charge in [-0.1, -0.05) is 30.8 Å². The van der Waals surface area contributed by atoms with Crippen LogP contribution >= 0.6 is 11.8 Å². The molecule has 0 spiro atoms. The van der Waals surface area contributed by atoms with Gasteiger partial charge in [-0.15, -0.1) is 10.2 Å². The number of piperazine rings is 1. The summed E-state index contributed by atoms with van der Waals surface area (Å²) >= 11 is 1.05. The molecule has 1 aliphatic heterocycles. The molecule has 3 aromatic rings. The second kappa shape index (κ2) is 11.0. The van der Waals surface area contributed by atoms with Crippen LogP contribution < -0.4 is 10.2 Å². The summed E-state index contributed by atoms with van der Waals surface area (Å²) in [5.41, 5.74) is 1.78. The SMILES string of the molecule is CCC(=O)N1CCN(c2ccc(NC(=O)CSc3nnc(-c4ccccc4[N+](=O)[O-])o3)cc2)CC1. The average molecular weight is 497 g/mol. The Morgan fingerprint density at radius 1 is 1.09 bits per heavy atom. The zero-order valence-corrected chi connectivity index (χ0v) is 19.9. The topological polar surface area (TPSA) is 135 Å². The monoisotopic (exact) mass is 496 g/mol. The van der Waals surface area contributed by atoms with Crippen LogP contribution in [0.15, 0.2) is 58.2 Å². The van der Waals surface area contributed by atoms with Crippen LogP contribution in [-0.4, -0.2) is 63.8 Å². The minimum atomic E-state index is -0.515. The van der Waals surface area contributed by atoms with E-state index in [1.165, 1.54) is 12.1 Å². The Kier molecular flexibility index (Phi) is 7.60. The largest absolute Gasteiger partial charge is 0.411 e. The third-order valence-corrected chi connectivity index (χ3v) is 6.33. The third kappa shape index (κ3) is 5.96. The quantitative estimate of drug-likeness (QED) is 0.283. The summed E-state index contributed by atoms with van der Waals surface area (Å²) in [5.74, 6) is -0.0116. The molecule has 0 radical (unpaired) electrons. The molecule has 2 heterocycles. The van der Waals surface area contributed by atoms with Crippen LogP contribution in [0, 0.1) is 10.1 Å². The van der Waals surface area contributed by atoms with Gasteiger partial charge in [0.1, 0.15) is 5.56 Å². The minimum Gasteiger partial charge on any atom is -0.411 e. The molecule has 4 rings (SSSR count). The van der Waals surface area contributed by atoms with E-state index in [1.54, 1.807) is 12.1 Å². The van der Waals surface area contributed by atoms with E-state index in [0.29, 0.717) is 25.2 Å². The zero-order valence-electron chi connectivity index (χ0n) is 19.0. The van der Waals surface area contributed by atoms with Crippen molar-refractivity contribution in [3.8, 4) is 11.5 Å². The second-order valence-electron chi connectivity index (χ2n) is 7.75. The number of carbonyl (C=O) groups is 2. The van der Waals surface area contributed by atoms with E-state index >= 15 is 0 Å². The van der Waals surface area contributed by atoms with Gasteiger partial charge in [-0.3, -0.25) is 19.7 Å². The van der Waals surface area contributed by atoms with E-state index < -0.39 is 4.92 Å². The Hall–Kier alpha value is -3.93. The number of benzene rings is 2. The van der Waals surface area contributed by atoms with Crippen LogP contribution in [0.2, 0.25) is 0 Å². The Morgan fingerprint density at radius 2 is 1.80 bits per heavy atom. The number of nitro benzene ring substituents is 1. The summed E-state index contributed by atoms with van der Waals surface area (Å²) in [5, 5.41) is 21.9. The molecular formula is C23H24N6O5S. The van der Waals surface area contributed by atoms with Crippen molar-refractivity contribution < 1.29 is 18.9 Å². The van der Waals surface area contributed by atoms with Crippen LogP contribution in [0.3, 0.4) is 0 Å². The van der Waals surface area contributed by atoms with E-state index in [0.717, 1.165) is 30.5 Å². The van der Waals surface area contributed by atoms with E-state index in [4.69, 9.17) is 4.42 Å². The van der Waals surface area contributed by atoms with Crippen molar-refractivity contribution in [3.05, 3.63) is 58.6 Å². The highest BCUT2D eigenvalue weighted by molar-refractivity contribution is 7.99. The lowest BCUT2D eigenvalue weighted by molar-refractivity contribution is -0.384. The van der Waals surface area contributed by atoms with Crippen LogP contribution in [0.5, 0.6) is 0 Å². The van der Waals surface area contributed by atoms with Crippen LogP contribution in [0.1, 0.15) is 13.3 Å². The molecule has 1 aromatic heterocycles. The molecule has 0 bridgehead atoms. The Bertz CT molecular complexity index is 1210. The first-order valence-electron chi connectivity index (χ1n) is 11.1. The molecule has 1 N–H and O–H groups in total. The number of nitro groups is 1. The fraction of sp³-hybridized carbons (Fsp3) is 0.304. The molecule has 2 aromatic carbocycles. The fourth-order valence-corrected chi connectivity index (χ4v) is 4.27. The molecule has 35 heavy (non-hydrogen) atoms. The van der Waals surface area contributed by atoms with Crippen LogP contribution in [0.4, 0.5) is 17.1 Å². The standard InChI is InChI=1S/C23H24N6O5S/c1-2-21(31)28-13-11-27(12-14-28)17-9-7-16(8-10-17)24-20(30)15-35-23-26-25-22(34-23)18-5-3-4-6-19(18)29(32)33/h3-10H,2,11-15H2,1H3,(H,24,30). The lowest BCUT2D eigenvalue weighted by atomic mass is 10.2. The summed E-state index contributed by atoms with van der Waals surface area (Å²) in [6.45, 7) is 4.83. The highest BCUT2D eigenvalue weighted by Crippen LogP contribution is 2.30. The molecule has 0 unspecified atom stereocenters. The lowest BCUT2D eigenvalue weighted by Crippen LogP contribution is -2.48. The minimum absolute atomic E-state index is 0.0238. The lowest BCUT2D eigenvalue weighted by Gasteiger charge is -2.36. The number of anilines is 2. The number of carbonyl (C=O) groups excluding carboxylic acids is 2. The van der Waals surface area contributed by atoms with E-state index in [9.17, 15) is 19.7 Å². The van der Waals surface area contributed by atoms with Gasteiger partial charge < -0.3 is 19.5 Å². The number of aromatic nitrogens is 2. The highest BCUT2D eigenvalue weighted by atomic mass is 32.2. The maximum absolute atomic E-state index is 12.4. The smallest absolute Gasteiger partial charge is 0.282 e. The molecule has 1 fully saturated rings. The predicted octanol–water partition coefficient (Wildman–Crippen LogP) is 3.43. The maximum atomic E-state index is 12.4. The Morgan fingerprint density at radius 3 is 2.49 bits per heavy atom. The van der Waals surface area contributed by atoms with Crippen molar-refractivity contribution in [2.24, 2.45) is 0 Å². The number of amides is 2. The molecule has 11 nitrogen and oxygen atoms in total. The van der Waals surface area contributed by atoms with Crippen molar-refractivity contribution in [1.82, 2.24) is 15.1 Å². The fourth-order valence-electron chi connectivity index (χ4n) is 3.71. The van der Waals surface area contributed by atoms with Gasteiger partial charge in [-0.2, -0.15) is 0 Å². The summed E-state index contributed by atoms with van der Waals surface area (Å²) in [6, 6.07) is 13.6. The summed E-state index contributed by atoms with van der Waals surface area (Å²) in [4.78, 5) is 39.0. The number of nitrogens with one attached hydrogen (secondary N) is 1. The zero-order chi connectivity index (χ0) is 24.8. The predicted molar refractivity (Wildman–Crippen MR) is 131 cm³/mol. The number of nitrogens with zero attached hydrogens (tertiary/aromatic N) is 5. The summed E-state index contributed by atoms with van der Waals surface area (Å²) in [6.07, 6.45) is 0.524. The van der Waals surface area contributed by atoms with Gasteiger partial charge >= 0.3 is 0 Å². The number of hydrogen-bond acceptors (Lipinski definition) is 9. The van der Waals surface area contributed by atoms with Gasteiger partial charge in [0.05, 0.1) is 10.7 Å². The van der Waals surface area contributed by atoms with Gasteiger partial charge in [-0.05, 0) is 30.3 Å².